The molecule has 3 aromatic carbocycles. The Morgan fingerprint density at radius 1 is 0.882 bits per heavy atom. The highest BCUT2D eigenvalue weighted by Crippen LogP contribution is 2.32. The lowest BCUT2D eigenvalue weighted by molar-refractivity contribution is -0.137. The molecule has 1 atom stereocenters. The van der Waals surface area contributed by atoms with Crippen molar-refractivity contribution >= 4 is 34.7 Å². The molecule has 0 aliphatic carbocycles. The number of alkyl halides is 3. The van der Waals surface area contributed by atoms with Gasteiger partial charge in [0, 0.05) is 16.9 Å². The summed E-state index contributed by atoms with van der Waals surface area (Å²) in [4.78, 5) is 36.5. The number of hydrogen-bond acceptors (Lipinski definition) is 5. The lowest BCUT2D eigenvalue weighted by atomic mass is 10.1. The number of ether oxygens (including phenoxy) is 1. The van der Waals surface area contributed by atoms with Crippen LogP contribution in [0.2, 0.25) is 0 Å². The zero-order chi connectivity index (χ0) is 24.9. The quantitative estimate of drug-likeness (QED) is 0.335. The summed E-state index contributed by atoms with van der Waals surface area (Å²) in [6, 6.07) is 16.9. The summed E-state index contributed by atoms with van der Waals surface area (Å²) in [5, 5.41) is 5.38. The first kappa shape index (κ1) is 24.5. The Hall–Kier alpha value is -4.14. The minimum atomic E-state index is -4.51. The third-order valence-corrected chi connectivity index (χ3v) is 4.83. The van der Waals surface area contributed by atoms with E-state index in [1.165, 1.54) is 38.1 Å². The number of ketones is 1. The van der Waals surface area contributed by atoms with Crippen molar-refractivity contribution < 1.29 is 32.3 Å². The van der Waals surface area contributed by atoms with Crippen LogP contribution in [0.3, 0.4) is 0 Å². The molecule has 0 unspecified atom stereocenters. The molecule has 0 bridgehead atoms. The molecule has 3 aromatic rings. The maximum Gasteiger partial charge on any atom is 0.416 e. The maximum atomic E-state index is 13.0. The summed E-state index contributed by atoms with van der Waals surface area (Å²) in [5.74, 6) is -1.53. The maximum absolute atomic E-state index is 13.0. The lowest BCUT2D eigenvalue weighted by Gasteiger charge is -2.16. The van der Waals surface area contributed by atoms with Crippen LogP contribution in [0.4, 0.5) is 30.2 Å². The molecule has 0 saturated carbocycles. The molecular weight excluding hydrogens is 449 g/mol. The Balaban J connectivity index is 1.69. The van der Waals surface area contributed by atoms with Gasteiger partial charge in [0.15, 0.2) is 11.9 Å². The molecule has 2 N–H and O–H groups in total. The van der Waals surface area contributed by atoms with Gasteiger partial charge in [-0.05, 0) is 68.4 Å². The molecule has 176 valence electrons. The number of esters is 1. The summed E-state index contributed by atoms with van der Waals surface area (Å²) in [6.07, 6.45) is -5.67. The fourth-order valence-corrected chi connectivity index (χ4v) is 3.01. The first-order valence-corrected chi connectivity index (χ1v) is 10.2. The fraction of sp³-hybridized carbons (Fsp3) is 0.160. The topological polar surface area (TPSA) is 84.5 Å². The number of carbonyl (C=O) groups is 3. The average molecular weight is 470 g/mol. The van der Waals surface area contributed by atoms with E-state index in [4.69, 9.17) is 4.74 Å². The molecule has 6 nitrogen and oxygen atoms in total. The molecule has 0 aromatic heterocycles. The van der Waals surface area contributed by atoms with E-state index in [2.05, 4.69) is 10.6 Å². The normalized spacial score (nSPS) is 11.9. The van der Waals surface area contributed by atoms with Crippen LogP contribution in [0.1, 0.15) is 40.1 Å². The van der Waals surface area contributed by atoms with Crippen molar-refractivity contribution in [3.8, 4) is 0 Å². The zero-order valence-electron chi connectivity index (χ0n) is 18.3. The summed E-state index contributed by atoms with van der Waals surface area (Å²) in [5.41, 5.74) is 0.477. The van der Waals surface area contributed by atoms with Crippen molar-refractivity contribution in [1.82, 2.24) is 0 Å². The highest BCUT2D eigenvalue weighted by molar-refractivity contribution is 6.00. The van der Waals surface area contributed by atoms with Gasteiger partial charge in [-0.15, -0.1) is 0 Å². The third kappa shape index (κ3) is 6.22. The van der Waals surface area contributed by atoms with Gasteiger partial charge in [0.25, 0.3) is 5.91 Å². The van der Waals surface area contributed by atoms with Crippen LogP contribution in [0.15, 0.2) is 72.8 Å². The van der Waals surface area contributed by atoms with Crippen LogP contribution in [-0.4, -0.2) is 23.8 Å². The number of nitrogens with one attached hydrogen (secondary N) is 2. The Morgan fingerprint density at radius 2 is 1.56 bits per heavy atom. The number of halogens is 3. The minimum Gasteiger partial charge on any atom is -0.449 e. The number of carbonyl (C=O) groups excluding carboxylic acids is 3. The number of anilines is 3. The molecule has 34 heavy (non-hydrogen) atoms. The van der Waals surface area contributed by atoms with Gasteiger partial charge in [-0.2, -0.15) is 13.2 Å². The predicted octanol–water partition coefficient (Wildman–Crippen LogP) is 5.84. The van der Waals surface area contributed by atoms with Crippen molar-refractivity contribution in [1.29, 1.82) is 0 Å². The second-order valence-corrected chi connectivity index (χ2v) is 7.42. The smallest absolute Gasteiger partial charge is 0.416 e. The van der Waals surface area contributed by atoms with Crippen molar-refractivity contribution in [3.05, 3.63) is 89.5 Å². The van der Waals surface area contributed by atoms with E-state index in [-0.39, 0.29) is 22.7 Å². The van der Waals surface area contributed by atoms with Gasteiger partial charge in [0.2, 0.25) is 0 Å². The molecule has 9 heteroatoms. The van der Waals surface area contributed by atoms with E-state index in [0.717, 1.165) is 12.1 Å². The summed E-state index contributed by atoms with van der Waals surface area (Å²) < 4.78 is 44.2. The van der Waals surface area contributed by atoms with E-state index in [9.17, 15) is 27.6 Å². The summed E-state index contributed by atoms with van der Waals surface area (Å²) >= 11 is 0. The van der Waals surface area contributed by atoms with Gasteiger partial charge in [0.05, 0.1) is 16.8 Å². The van der Waals surface area contributed by atoms with Crippen molar-refractivity contribution in [2.75, 3.05) is 10.6 Å². The van der Waals surface area contributed by atoms with Crippen molar-refractivity contribution in [3.63, 3.8) is 0 Å². The fourth-order valence-electron chi connectivity index (χ4n) is 3.01. The number of rotatable bonds is 7. The Morgan fingerprint density at radius 3 is 2.21 bits per heavy atom. The van der Waals surface area contributed by atoms with Crippen LogP contribution < -0.4 is 10.6 Å². The second-order valence-electron chi connectivity index (χ2n) is 7.42. The highest BCUT2D eigenvalue weighted by atomic mass is 19.4. The van der Waals surface area contributed by atoms with Gasteiger partial charge >= 0.3 is 12.1 Å². The number of hydrogen-bond donors (Lipinski definition) is 2. The largest absolute Gasteiger partial charge is 0.449 e. The zero-order valence-corrected chi connectivity index (χ0v) is 18.3. The Bertz CT molecular complexity index is 1210. The molecule has 0 heterocycles. The standard InChI is InChI=1S/C25H21F3N2O4/c1-15(31)17-10-12-19(13-11-17)30-23(32)16(2)34-24(33)21-8-3-4-9-22(21)29-20-7-5-6-18(14-20)25(26,27)28/h3-14,16,29H,1-2H3,(H,30,32)/t16-/m0/s1. The average Bonchev–Trinajstić information content (AvgIpc) is 2.79. The van der Waals surface area contributed by atoms with E-state index >= 15 is 0 Å². The molecule has 0 fully saturated rings. The summed E-state index contributed by atoms with van der Waals surface area (Å²) in [6.45, 7) is 2.81. The van der Waals surface area contributed by atoms with Crippen molar-refractivity contribution in [2.24, 2.45) is 0 Å². The molecule has 3 rings (SSSR count). The molecule has 0 aliphatic rings. The van der Waals surface area contributed by atoms with Crippen molar-refractivity contribution in [2.45, 2.75) is 26.1 Å². The van der Waals surface area contributed by atoms with Gasteiger partial charge in [-0.25, -0.2) is 4.79 Å². The van der Waals surface area contributed by atoms with E-state index in [1.807, 2.05) is 0 Å². The summed E-state index contributed by atoms with van der Waals surface area (Å²) in [7, 11) is 0. The highest BCUT2D eigenvalue weighted by Gasteiger charge is 2.30. The van der Waals surface area contributed by atoms with Crippen LogP contribution in [-0.2, 0) is 15.7 Å². The molecule has 0 aliphatic heterocycles. The minimum absolute atomic E-state index is 0.0466. The molecule has 0 saturated heterocycles. The van der Waals surface area contributed by atoms with E-state index in [1.54, 1.807) is 36.4 Å². The molecule has 0 spiro atoms. The van der Waals surface area contributed by atoms with Gasteiger partial charge in [-0.1, -0.05) is 18.2 Å². The molecular formula is C25H21F3N2O4. The van der Waals surface area contributed by atoms with Gasteiger partial charge in [-0.3, -0.25) is 9.59 Å². The lowest BCUT2D eigenvalue weighted by Crippen LogP contribution is -2.30. The first-order chi connectivity index (χ1) is 16.0. The second kappa shape index (κ2) is 10.2. The van der Waals surface area contributed by atoms with Gasteiger partial charge in [0.1, 0.15) is 0 Å². The predicted molar refractivity (Wildman–Crippen MR) is 121 cm³/mol. The van der Waals surface area contributed by atoms with E-state index < -0.39 is 29.7 Å². The number of benzene rings is 3. The monoisotopic (exact) mass is 470 g/mol. The van der Waals surface area contributed by atoms with Gasteiger partial charge < -0.3 is 15.4 Å². The molecule has 0 radical (unpaired) electrons. The van der Waals surface area contributed by atoms with Crippen LogP contribution in [0.25, 0.3) is 0 Å². The van der Waals surface area contributed by atoms with E-state index in [0.29, 0.717) is 11.3 Å². The Labute approximate surface area is 193 Å². The first-order valence-electron chi connectivity index (χ1n) is 10.2. The molecule has 1 amide bonds. The van der Waals surface area contributed by atoms with Crippen LogP contribution in [0, 0.1) is 0 Å². The van der Waals surface area contributed by atoms with Crippen LogP contribution in [0.5, 0.6) is 0 Å². The van der Waals surface area contributed by atoms with Crippen LogP contribution >= 0.6 is 0 Å². The number of para-hydroxylation sites is 1. The Kier molecular flexibility index (Phi) is 7.35. The number of Topliss-reactive ketones (excluding diaryl/α,β-unsaturated/α-hetero) is 1. The third-order valence-electron chi connectivity index (χ3n) is 4.83. The number of amides is 1. The SMILES string of the molecule is CC(=O)c1ccc(NC(=O)[C@H](C)OC(=O)c2ccccc2Nc2cccc(C(F)(F)F)c2)cc1.